The van der Waals surface area contributed by atoms with Crippen LogP contribution in [0.4, 0.5) is 4.39 Å². The maximum Gasteiger partial charge on any atom is 0.251 e. The van der Waals surface area contributed by atoms with Gasteiger partial charge >= 0.3 is 0 Å². The van der Waals surface area contributed by atoms with E-state index < -0.39 is 0 Å². The first-order valence-corrected chi connectivity index (χ1v) is 7.55. The molecule has 0 heterocycles. The molecule has 110 valence electrons. The van der Waals surface area contributed by atoms with Crippen molar-refractivity contribution in [2.24, 2.45) is 11.3 Å². The molecule has 0 spiro atoms. The minimum Gasteiger partial charge on any atom is -0.351 e. The molecule has 1 aliphatic rings. The van der Waals surface area contributed by atoms with Crippen LogP contribution in [0.15, 0.2) is 24.3 Å². The molecule has 2 nitrogen and oxygen atoms in total. The van der Waals surface area contributed by atoms with Gasteiger partial charge in [-0.05, 0) is 54.9 Å². The Morgan fingerprint density at radius 1 is 1.25 bits per heavy atom. The molecule has 1 aliphatic carbocycles. The zero-order valence-electron chi connectivity index (χ0n) is 12.4. The summed E-state index contributed by atoms with van der Waals surface area (Å²) in [4.78, 5) is 12.1. The molecule has 1 aromatic carbocycles. The van der Waals surface area contributed by atoms with Gasteiger partial charge in [0.1, 0.15) is 5.82 Å². The van der Waals surface area contributed by atoms with Gasteiger partial charge in [-0.15, -0.1) is 0 Å². The van der Waals surface area contributed by atoms with E-state index in [0.29, 0.717) is 11.5 Å². The number of carbonyl (C=O) groups excluding carboxylic acids is 1. The summed E-state index contributed by atoms with van der Waals surface area (Å²) in [5.41, 5.74) is 0.799. The molecular formula is C17H24FNO. The fourth-order valence-corrected chi connectivity index (χ4v) is 3.42. The summed E-state index contributed by atoms with van der Waals surface area (Å²) in [6.45, 7) is 5.21. The number of rotatable bonds is 5. The Morgan fingerprint density at radius 2 is 1.85 bits per heavy atom. The van der Waals surface area contributed by atoms with E-state index in [1.165, 1.54) is 49.9 Å². The smallest absolute Gasteiger partial charge is 0.251 e. The summed E-state index contributed by atoms with van der Waals surface area (Å²) in [7, 11) is 0. The van der Waals surface area contributed by atoms with E-state index in [9.17, 15) is 9.18 Å². The van der Waals surface area contributed by atoms with Crippen molar-refractivity contribution in [1.29, 1.82) is 0 Å². The first-order valence-electron chi connectivity index (χ1n) is 7.55. The van der Waals surface area contributed by atoms with Crippen molar-refractivity contribution in [3.63, 3.8) is 0 Å². The first kappa shape index (κ1) is 15.0. The Bertz CT molecular complexity index is 447. The van der Waals surface area contributed by atoms with Gasteiger partial charge < -0.3 is 5.32 Å². The molecule has 1 fully saturated rings. The number of hydrogen-bond donors (Lipinski definition) is 1. The van der Waals surface area contributed by atoms with Crippen molar-refractivity contribution in [2.45, 2.75) is 46.0 Å². The topological polar surface area (TPSA) is 29.1 Å². The van der Waals surface area contributed by atoms with Crippen LogP contribution in [0.3, 0.4) is 0 Å². The molecule has 1 aromatic rings. The van der Waals surface area contributed by atoms with E-state index in [0.717, 1.165) is 13.0 Å². The lowest BCUT2D eigenvalue weighted by atomic mass is 9.78. The molecule has 3 heteroatoms. The number of halogens is 1. The average Bonchev–Trinajstić information content (AvgIpc) is 2.85. The highest BCUT2D eigenvalue weighted by molar-refractivity contribution is 5.94. The maximum absolute atomic E-state index is 12.9. The maximum atomic E-state index is 12.9. The van der Waals surface area contributed by atoms with Gasteiger partial charge in [0.2, 0.25) is 0 Å². The molecule has 0 bridgehead atoms. The highest BCUT2D eigenvalue weighted by Crippen LogP contribution is 2.42. The number of hydrogen-bond acceptors (Lipinski definition) is 1. The third-order valence-corrected chi connectivity index (χ3v) is 4.24. The van der Waals surface area contributed by atoms with Gasteiger partial charge in [-0.1, -0.05) is 26.7 Å². The quantitative estimate of drug-likeness (QED) is 0.860. The van der Waals surface area contributed by atoms with Crippen LogP contribution in [0.5, 0.6) is 0 Å². The Balaban J connectivity index is 1.95. The second-order valence-corrected chi connectivity index (χ2v) is 6.49. The van der Waals surface area contributed by atoms with Crippen LogP contribution >= 0.6 is 0 Å². The fourth-order valence-electron chi connectivity index (χ4n) is 3.42. The first-order chi connectivity index (χ1) is 9.51. The molecule has 0 saturated heterocycles. The summed E-state index contributed by atoms with van der Waals surface area (Å²) < 4.78 is 12.9. The van der Waals surface area contributed by atoms with Crippen LogP contribution in [0.1, 0.15) is 56.3 Å². The largest absolute Gasteiger partial charge is 0.351 e. The zero-order valence-corrected chi connectivity index (χ0v) is 12.4. The summed E-state index contributed by atoms with van der Waals surface area (Å²) in [5.74, 6) is 0.240. The van der Waals surface area contributed by atoms with E-state index in [1.807, 2.05) is 0 Å². The molecule has 1 saturated carbocycles. The number of carbonyl (C=O) groups is 1. The van der Waals surface area contributed by atoms with Crippen LogP contribution < -0.4 is 5.32 Å². The van der Waals surface area contributed by atoms with Crippen molar-refractivity contribution in [3.05, 3.63) is 35.6 Å². The molecule has 20 heavy (non-hydrogen) atoms. The van der Waals surface area contributed by atoms with Crippen molar-refractivity contribution in [1.82, 2.24) is 5.32 Å². The van der Waals surface area contributed by atoms with Gasteiger partial charge in [-0.2, -0.15) is 0 Å². The lowest BCUT2D eigenvalue weighted by Crippen LogP contribution is -2.36. The number of amides is 1. The second-order valence-electron chi connectivity index (χ2n) is 6.49. The van der Waals surface area contributed by atoms with Crippen LogP contribution in [-0.2, 0) is 0 Å². The van der Waals surface area contributed by atoms with Gasteiger partial charge in [0.25, 0.3) is 5.91 Å². The van der Waals surface area contributed by atoms with Crippen molar-refractivity contribution < 1.29 is 9.18 Å². The van der Waals surface area contributed by atoms with Gasteiger partial charge in [-0.3, -0.25) is 4.79 Å². The van der Waals surface area contributed by atoms with Crippen molar-refractivity contribution >= 4 is 5.91 Å². The zero-order chi connectivity index (χ0) is 14.6. The lowest BCUT2D eigenvalue weighted by Gasteiger charge is -2.31. The number of nitrogens with one attached hydrogen (secondary N) is 1. The average molecular weight is 277 g/mol. The predicted octanol–water partition coefficient (Wildman–Crippen LogP) is 4.16. The minimum absolute atomic E-state index is 0.0972. The molecule has 0 radical (unpaired) electrons. The Morgan fingerprint density at radius 3 is 2.40 bits per heavy atom. The van der Waals surface area contributed by atoms with E-state index >= 15 is 0 Å². The van der Waals surface area contributed by atoms with Crippen molar-refractivity contribution in [3.8, 4) is 0 Å². The molecule has 1 amide bonds. The van der Waals surface area contributed by atoms with Gasteiger partial charge in [0.15, 0.2) is 0 Å². The van der Waals surface area contributed by atoms with Crippen LogP contribution in [0.25, 0.3) is 0 Å². The lowest BCUT2D eigenvalue weighted by molar-refractivity contribution is 0.0922. The fraction of sp³-hybridized carbons (Fsp3) is 0.588. The molecule has 0 aliphatic heterocycles. The molecular weight excluding hydrogens is 253 g/mol. The van der Waals surface area contributed by atoms with Gasteiger partial charge in [0.05, 0.1) is 0 Å². The van der Waals surface area contributed by atoms with Gasteiger partial charge in [-0.25, -0.2) is 4.39 Å². The van der Waals surface area contributed by atoms with E-state index in [2.05, 4.69) is 19.2 Å². The Kier molecular flexibility index (Phi) is 4.79. The predicted molar refractivity (Wildman–Crippen MR) is 79.1 cm³/mol. The van der Waals surface area contributed by atoms with Crippen LogP contribution in [0, 0.1) is 17.2 Å². The molecule has 1 N–H and O–H groups in total. The monoisotopic (exact) mass is 277 g/mol. The molecule has 2 rings (SSSR count). The Labute approximate surface area is 120 Å². The third kappa shape index (κ3) is 3.81. The Hall–Kier alpha value is -1.38. The molecule has 0 aromatic heterocycles. The highest BCUT2D eigenvalue weighted by Gasteiger charge is 2.34. The van der Waals surface area contributed by atoms with E-state index in [4.69, 9.17) is 0 Å². The van der Waals surface area contributed by atoms with Crippen LogP contribution in [-0.4, -0.2) is 12.5 Å². The van der Waals surface area contributed by atoms with E-state index in [1.54, 1.807) is 0 Å². The van der Waals surface area contributed by atoms with Gasteiger partial charge in [0, 0.05) is 12.1 Å². The van der Waals surface area contributed by atoms with Crippen molar-refractivity contribution in [2.75, 3.05) is 6.54 Å². The normalized spacial score (nSPS) is 17.4. The SMILES string of the molecule is CC(C)CC1(CNC(=O)c2ccc(F)cc2)CCCC1. The molecule has 0 atom stereocenters. The highest BCUT2D eigenvalue weighted by atomic mass is 19.1. The summed E-state index contributed by atoms with van der Waals surface area (Å²) in [6.07, 6.45) is 6.10. The standard InChI is InChI=1S/C17H24FNO/c1-13(2)11-17(9-3-4-10-17)12-19-16(20)14-5-7-15(18)8-6-14/h5-8,13H,3-4,9-12H2,1-2H3,(H,19,20). The van der Waals surface area contributed by atoms with E-state index in [-0.39, 0.29) is 17.1 Å². The minimum atomic E-state index is -0.311. The summed E-state index contributed by atoms with van der Waals surface area (Å²) in [6, 6.07) is 5.73. The summed E-state index contributed by atoms with van der Waals surface area (Å²) in [5, 5.41) is 3.05. The van der Waals surface area contributed by atoms with Crippen LogP contribution in [0.2, 0.25) is 0 Å². The molecule has 0 unspecified atom stereocenters. The summed E-state index contributed by atoms with van der Waals surface area (Å²) >= 11 is 0. The number of benzene rings is 1. The second kappa shape index (κ2) is 6.38. The third-order valence-electron chi connectivity index (χ3n) is 4.24.